The predicted octanol–water partition coefficient (Wildman–Crippen LogP) is 2.47. The molecule has 0 fully saturated rings. The molecule has 1 amide bonds. The molecule has 0 aromatic carbocycles. The first kappa shape index (κ1) is 12.4. The summed E-state index contributed by atoms with van der Waals surface area (Å²) in [5, 5.41) is 3.90. The summed E-state index contributed by atoms with van der Waals surface area (Å²) in [6.07, 6.45) is 5.87. The maximum atomic E-state index is 11.7. The Balaban J connectivity index is 1.94. The second-order valence-electron chi connectivity index (χ2n) is 3.60. The van der Waals surface area contributed by atoms with Gasteiger partial charge in [-0.25, -0.2) is 5.43 Å². The van der Waals surface area contributed by atoms with E-state index >= 15 is 0 Å². The maximum absolute atomic E-state index is 11.7. The summed E-state index contributed by atoms with van der Waals surface area (Å²) in [5.74, 6) is -0.181. The number of nitrogens with one attached hydrogen (secondary N) is 1. The lowest BCUT2D eigenvalue weighted by Gasteiger charge is -1.95. The zero-order valence-electron chi connectivity index (χ0n) is 9.96. The Morgan fingerprint density at radius 2 is 2.39 bits per heavy atom. The fourth-order valence-corrected chi connectivity index (χ4v) is 2.20. The molecule has 0 aliphatic rings. The van der Waals surface area contributed by atoms with Gasteiger partial charge in [0.25, 0.3) is 5.91 Å². The highest BCUT2D eigenvalue weighted by Crippen LogP contribution is 2.16. The van der Waals surface area contributed by atoms with Gasteiger partial charge in [0.1, 0.15) is 0 Å². The summed E-state index contributed by atoms with van der Waals surface area (Å²) < 4.78 is 0. The molecule has 0 saturated heterocycles. The quantitative estimate of drug-likeness (QED) is 0.677. The third-order valence-corrected chi connectivity index (χ3v) is 3.53. The molecule has 0 aliphatic carbocycles. The zero-order chi connectivity index (χ0) is 12.8. The first-order chi connectivity index (χ1) is 8.79. The van der Waals surface area contributed by atoms with Crippen molar-refractivity contribution in [2.45, 2.75) is 13.3 Å². The van der Waals surface area contributed by atoms with E-state index in [0.29, 0.717) is 4.88 Å². The fourth-order valence-electron chi connectivity index (χ4n) is 1.36. The lowest BCUT2D eigenvalue weighted by atomic mass is 10.3. The monoisotopic (exact) mass is 259 g/mol. The molecule has 1 N–H and O–H groups in total. The van der Waals surface area contributed by atoms with Crippen molar-refractivity contribution in [1.82, 2.24) is 10.4 Å². The number of aromatic nitrogens is 1. The van der Waals surface area contributed by atoms with Gasteiger partial charge in [-0.1, -0.05) is 13.0 Å². The van der Waals surface area contributed by atoms with Crippen LogP contribution in [0.4, 0.5) is 0 Å². The molecule has 2 rings (SSSR count). The first-order valence-electron chi connectivity index (χ1n) is 5.61. The molecule has 0 radical (unpaired) electrons. The highest BCUT2D eigenvalue weighted by atomic mass is 32.1. The van der Waals surface area contributed by atoms with E-state index in [0.717, 1.165) is 12.0 Å². The van der Waals surface area contributed by atoms with Gasteiger partial charge in [0.15, 0.2) is 0 Å². The van der Waals surface area contributed by atoms with Gasteiger partial charge in [0.05, 0.1) is 11.1 Å². The summed E-state index contributed by atoms with van der Waals surface area (Å²) in [6, 6.07) is 7.46. The van der Waals surface area contributed by atoms with Crippen molar-refractivity contribution in [2.75, 3.05) is 0 Å². The molecule has 2 heterocycles. The van der Waals surface area contributed by atoms with Crippen LogP contribution in [0.1, 0.15) is 27.0 Å². The highest BCUT2D eigenvalue weighted by molar-refractivity contribution is 7.14. The minimum absolute atomic E-state index is 0.181. The Bertz CT molecular complexity index is 548. The van der Waals surface area contributed by atoms with Crippen molar-refractivity contribution in [3.63, 3.8) is 0 Å². The van der Waals surface area contributed by atoms with Crippen molar-refractivity contribution in [3.05, 3.63) is 52.0 Å². The molecule has 0 unspecified atom stereocenters. The van der Waals surface area contributed by atoms with Crippen LogP contribution in [0, 0.1) is 0 Å². The molecule has 2 aromatic rings. The molecular weight excluding hydrogens is 246 g/mol. The number of hydrogen-bond acceptors (Lipinski definition) is 4. The minimum Gasteiger partial charge on any atom is -0.266 e. The number of amides is 1. The molecule has 4 nitrogen and oxygen atoms in total. The van der Waals surface area contributed by atoms with Gasteiger partial charge < -0.3 is 0 Å². The van der Waals surface area contributed by atoms with Crippen LogP contribution < -0.4 is 5.43 Å². The van der Waals surface area contributed by atoms with Crippen molar-refractivity contribution in [3.8, 4) is 0 Å². The number of rotatable bonds is 4. The van der Waals surface area contributed by atoms with Crippen LogP contribution in [0.3, 0.4) is 0 Å². The van der Waals surface area contributed by atoms with E-state index < -0.39 is 0 Å². The van der Waals surface area contributed by atoms with Crippen molar-refractivity contribution in [2.24, 2.45) is 5.10 Å². The highest BCUT2D eigenvalue weighted by Gasteiger charge is 2.06. The number of thiophene rings is 1. The van der Waals surface area contributed by atoms with Gasteiger partial charge in [-0.3, -0.25) is 9.78 Å². The van der Waals surface area contributed by atoms with E-state index in [4.69, 9.17) is 0 Å². The number of aryl methyl sites for hydroxylation is 1. The van der Waals surface area contributed by atoms with Crippen molar-refractivity contribution < 1.29 is 4.79 Å². The van der Waals surface area contributed by atoms with Gasteiger partial charge in [0, 0.05) is 22.8 Å². The van der Waals surface area contributed by atoms with Crippen LogP contribution in [0.2, 0.25) is 0 Å². The summed E-state index contributed by atoms with van der Waals surface area (Å²) >= 11 is 1.49. The largest absolute Gasteiger partial charge is 0.281 e. The minimum atomic E-state index is -0.181. The average Bonchev–Trinajstić information content (AvgIpc) is 2.89. The summed E-state index contributed by atoms with van der Waals surface area (Å²) in [7, 11) is 0. The Morgan fingerprint density at radius 3 is 3.06 bits per heavy atom. The lowest BCUT2D eigenvalue weighted by molar-refractivity contribution is 0.0959. The second kappa shape index (κ2) is 6.07. The number of carbonyl (C=O) groups is 1. The SMILES string of the molecule is CCc1ccc(C(=O)N/N=C\c2cccnc2)s1. The molecule has 0 atom stereocenters. The average molecular weight is 259 g/mol. The molecule has 0 bridgehead atoms. The van der Waals surface area contributed by atoms with Crippen LogP contribution >= 0.6 is 11.3 Å². The predicted molar refractivity (Wildman–Crippen MR) is 73.0 cm³/mol. The number of carbonyl (C=O) groups excluding carboxylic acids is 1. The molecule has 0 aliphatic heterocycles. The molecule has 2 aromatic heterocycles. The number of pyridine rings is 1. The topological polar surface area (TPSA) is 54.4 Å². The smallest absolute Gasteiger partial charge is 0.266 e. The van der Waals surface area contributed by atoms with E-state index in [9.17, 15) is 4.79 Å². The Morgan fingerprint density at radius 1 is 1.50 bits per heavy atom. The third kappa shape index (κ3) is 3.24. The van der Waals surface area contributed by atoms with Gasteiger partial charge in [-0.05, 0) is 24.6 Å². The lowest BCUT2D eigenvalue weighted by Crippen LogP contribution is -2.16. The summed E-state index contributed by atoms with van der Waals surface area (Å²) in [6.45, 7) is 2.06. The first-order valence-corrected chi connectivity index (χ1v) is 6.43. The van der Waals surface area contributed by atoms with Crippen LogP contribution in [0.5, 0.6) is 0 Å². The number of hydrogen-bond donors (Lipinski definition) is 1. The van der Waals surface area contributed by atoms with E-state index in [1.54, 1.807) is 18.6 Å². The molecule has 0 saturated carbocycles. The van der Waals surface area contributed by atoms with Gasteiger partial charge in [0.2, 0.25) is 0 Å². The van der Waals surface area contributed by atoms with Crippen LogP contribution in [-0.2, 0) is 6.42 Å². The van der Waals surface area contributed by atoms with E-state index in [1.165, 1.54) is 16.2 Å². The van der Waals surface area contributed by atoms with Gasteiger partial charge >= 0.3 is 0 Å². The summed E-state index contributed by atoms with van der Waals surface area (Å²) in [5.41, 5.74) is 3.34. The number of nitrogens with zero attached hydrogens (tertiary/aromatic N) is 2. The van der Waals surface area contributed by atoms with Gasteiger partial charge in [-0.2, -0.15) is 5.10 Å². The van der Waals surface area contributed by atoms with Crippen molar-refractivity contribution >= 4 is 23.5 Å². The van der Waals surface area contributed by atoms with Crippen molar-refractivity contribution in [1.29, 1.82) is 0 Å². The molecule has 0 spiro atoms. The zero-order valence-corrected chi connectivity index (χ0v) is 10.8. The van der Waals surface area contributed by atoms with E-state index in [-0.39, 0.29) is 5.91 Å². The van der Waals surface area contributed by atoms with Crippen LogP contribution in [0.15, 0.2) is 41.8 Å². The molecule has 18 heavy (non-hydrogen) atoms. The van der Waals surface area contributed by atoms with Gasteiger partial charge in [-0.15, -0.1) is 11.3 Å². The Hall–Kier alpha value is -2.01. The van der Waals surface area contributed by atoms with E-state index in [2.05, 4.69) is 22.4 Å². The Kier molecular flexibility index (Phi) is 4.20. The maximum Gasteiger partial charge on any atom is 0.281 e. The number of hydrazone groups is 1. The second-order valence-corrected chi connectivity index (χ2v) is 4.77. The van der Waals surface area contributed by atoms with Crippen LogP contribution in [-0.4, -0.2) is 17.1 Å². The molecule has 5 heteroatoms. The normalized spacial score (nSPS) is 10.7. The molecule has 92 valence electrons. The Labute approximate surface area is 109 Å². The van der Waals surface area contributed by atoms with E-state index in [1.807, 2.05) is 24.3 Å². The summed E-state index contributed by atoms with van der Waals surface area (Å²) in [4.78, 5) is 17.6. The van der Waals surface area contributed by atoms with Crippen LogP contribution in [0.25, 0.3) is 0 Å². The standard InChI is InChI=1S/C13H13N3OS/c1-2-11-5-6-12(18-11)13(17)16-15-9-10-4-3-7-14-8-10/h3-9H,2H2,1H3,(H,16,17)/b15-9-. The molecular formula is C13H13N3OS. The third-order valence-electron chi connectivity index (χ3n) is 2.30. The fraction of sp³-hybridized carbons (Fsp3) is 0.154.